The van der Waals surface area contributed by atoms with Crippen molar-refractivity contribution in [1.82, 2.24) is 0 Å². The van der Waals surface area contributed by atoms with Crippen LogP contribution in [-0.2, 0) is 5.41 Å². The third-order valence-corrected chi connectivity index (χ3v) is 4.76. The van der Waals surface area contributed by atoms with Gasteiger partial charge in [0.25, 0.3) is 0 Å². The molecule has 0 radical (unpaired) electrons. The molecule has 0 aliphatic carbocycles. The van der Waals surface area contributed by atoms with Gasteiger partial charge in [0.1, 0.15) is 0 Å². The Labute approximate surface area is 124 Å². The highest BCUT2D eigenvalue weighted by Crippen LogP contribution is 2.42. The Hall–Kier alpha value is -1.86. The Kier molecular flexibility index (Phi) is 3.70. The molecule has 0 saturated carbocycles. The first-order valence-corrected chi connectivity index (χ1v) is 7.96. The fourth-order valence-electron chi connectivity index (χ4n) is 3.07. The summed E-state index contributed by atoms with van der Waals surface area (Å²) in [5.74, 6) is 0. The maximum atomic E-state index is 2.28. The predicted octanol–water partition coefficient (Wildman–Crippen LogP) is 5.49. The normalized spacial score (nSPS) is 11.4. The fourth-order valence-corrected chi connectivity index (χ4v) is 3.80. The molecule has 3 rings (SSSR count). The molecule has 1 heterocycles. The molecule has 2 aromatic carbocycles. The van der Waals surface area contributed by atoms with Crippen LogP contribution in [0.15, 0.2) is 77.5 Å². The third-order valence-electron chi connectivity index (χ3n) is 4.08. The smallest absolute Gasteiger partial charge is 0.0456 e. The van der Waals surface area contributed by atoms with Crippen molar-refractivity contribution >= 4 is 11.3 Å². The molecular formula is C19H18S. The van der Waals surface area contributed by atoms with E-state index in [2.05, 4.69) is 84.4 Å². The Morgan fingerprint density at radius 3 is 1.70 bits per heavy atom. The van der Waals surface area contributed by atoms with Gasteiger partial charge in [-0.1, -0.05) is 67.6 Å². The summed E-state index contributed by atoms with van der Waals surface area (Å²) in [5.41, 5.74) is 4.09. The maximum Gasteiger partial charge on any atom is 0.0456 e. The van der Waals surface area contributed by atoms with Crippen LogP contribution in [-0.4, -0.2) is 0 Å². The van der Waals surface area contributed by atoms with E-state index in [0.29, 0.717) is 0 Å². The Balaban J connectivity index is 2.27. The highest BCUT2D eigenvalue weighted by atomic mass is 32.1. The van der Waals surface area contributed by atoms with Crippen molar-refractivity contribution in [2.24, 2.45) is 0 Å². The summed E-state index contributed by atoms with van der Waals surface area (Å²) in [7, 11) is 0. The lowest BCUT2D eigenvalue weighted by atomic mass is 9.68. The zero-order chi connectivity index (χ0) is 13.8. The van der Waals surface area contributed by atoms with Gasteiger partial charge in [-0.05, 0) is 39.9 Å². The van der Waals surface area contributed by atoms with Gasteiger partial charge >= 0.3 is 0 Å². The predicted molar refractivity (Wildman–Crippen MR) is 87.4 cm³/mol. The van der Waals surface area contributed by atoms with E-state index in [-0.39, 0.29) is 5.41 Å². The molecule has 20 heavy (non-hydrogen) atoms. The number of benzene rings is 2. The minimum Gasteiger partial charge on any atom is -0.152 e. The molecule has 3 aromatic rings. The Morgan fingerprint density at radius 2 is 1.30 bits per heavy atom. The van der Waals surface area contributed by atoms with Crippen LogP contribution >= 0.6 is 11.3 Å². The molecule has 0 nitrogen and oxygen atoms in total. The first kappa shape index (κ1) is 13.1. The summed E-state index contributed by atoms with van der Waals surface area (Å²) in [4.78, 5) is 0. The van der Waals surface area contributed by atoms with E-state index in [9.17, 15) is 0 Å². The van der Waals surface area contributed by atoms with Crippen molar-refractivity contribution in [2.45, 2.75) is 18.8 Å². The van der Waals surface area contributed by atoms with E-state index in [1.54, 1.807) is 11.3 Å². The van der Waals surface area contributed by atoms with E-state index in [1.807, 2.05) is 0 Å². The molecule has 0 aliphatic rings. The van der Waals surface area contributed by atoms with Crippen molar-refractivity contribution in [1.29, 1.82) is 0 Å². The van der Waals surface area contributed by atoms with Crippen molar-refractivity contribution in [2.75, 3.05) is 0 Å². The van der Waals surface area contributed by atoms with Gasteiger partial charge in [0.05, 0.1) is 0 Å². The molecule has 100 valence electrons. The van der Waals surface area contributed by atoms with Crippen LogP contribution in [0.25, 0.3) is 0 Å². The van der Waals surface area contributed by atoms with Crippen LogP contribution in [0.1, 0.15) is 30.0 Å². The Bertz CT molecular complexity index is 599. The van der Waals surface area contributed by atoms with Gasteiger partial charge in [-0.3, -0.25) is 0 Å². The molecule has 0 saturated heterocycles. The number of rotatable bonds is 4. The zero-order valence-corrected chi connectivity index (χ0v) is 12.4. The van der Waals surface area contributed by atoms with Crippen molar-refractivity contribution in [3.63, 3.8) is 0 Å². The van der Waals surface area contributed by atoms with Gasteiger partial charge in [0.2, 0.25) is 0 Å². The van der Waals surface area contributed by atoms with Crippen molar-refractivity contribution in [3.05, 3.63) is 94.2 Å². The SMILES string of the molecule is CCC(c1ccccc1)(c1ccccc1)c1ccsc1. The van der Waals surface area contributed by atoms with E-state index in [1.165, 1.54) is 16.7 Å². The quantitative estimate of drug-likeness (QED) is 0.591. The second-order valence-electron chi connectivity index (χ2n) is 5.00. The largest absolute Gasteiger partial charge is 0.152 e. The highest BCUT2D eigenvalue weighted by molar-refractivity contribution is 7.08. The minimum atomic E-state index is -0.0392. The molecule has 0 fully saturated rings. The summed E-state index contributed by atoms with van der Waals surface area (Å²) >= 11 is 1.77. The minimum absolute atomic E-state index is 0.0392. The average molecular weight is 278 g/mol. The summed E-state index contributed by atoms with van der Waals surface area (Å²) in [6.45, 7) is 2.28. The van der Waals surface area contributed by atoms with E-state index in [0.717, 1.165) is 6.42 Å². The van der Waals surface area contributed by atoms with Gasteiger partial charge in [-0.2, -0.15) is 11.3 Å². The molecule has 0 amide bonds. The lowest BCUT2D eigenvalue weighted by Crippen LogP contribution is -2.27. The van der Waals surface area contributed by atoms with Crippen LogP contribution in [0.5, 0.6) is 0 Å². The lowest BCUT2D eigenvalue weighted by Gasteiger charge is -2.34. The first-order chi connectivity index (χ1) is 9.88. The molecule has 0 bridgehead atoms. The number of hydrogen-bond acceptors (Lipinski definition) is 1. The summed E-state index contributed by atoms with van der Waals surface area (Å²) < 4.78 is 0. The van der Waals surface area contributed by atoms with Crippen LogP contribution < -0.4 is 0 Å². The monoisotopic (exact) mass is 278 g/mol. The molecule has 1 aromatic heterocycles. The molecule has 0 aliphatic heterocycles. The van der Waals surface area contributed by atoms with Gasteiger partial charge in [0, 0.05) is 5.41 Å². The molecule has 0 unspecified atom stereocenters. The van der Waals surface area contributed by atoms with Crippen LogP contribution in [0.3, 0.4) is 0 Å². The molecule has 0 N–H and O–H groups in total. The van der Waals surface area contributed by atoms with Gasteiger partial charge in [-0.25, -0.2) is 0 Å². The van der Waals surface area contributed by atoms with Crippen LogP contribution in [0.4, 0.5) is 0 Å². The first-order valence-electron chi connectivity index (χ1n) is 7.01. The van der Waals surface area contributed by atoms with E-state index in [4.69, 9.17) is 0 Å². The second kappa shape index (κ2) is 5.64. The average Bonchev–Trinajstić information content (AvgIpc) is 3.06. The van der Waals surface area contributed by atoms with Crippen molar-refractivity contribution < 1.29 is 0 Å². The standard InChI is InChI=1S/C19H18S/c1-2-19(18-13-14-20-15-18,16-9-5-3-6-10-16)17-11-7-4-8-12-17/h3-15H,2H2,1H3. The van der Waals surface area contributed by atoms with Gasteiger partial charge in [0.15, 0.2) is 0 Å². The topological polar surface area (TPSA) is 0 Å². The van der Waals surface area contributed by atoms with Crippen LogP contribution in [0, 0.1) is 0 Å². The maximum absolute atomic E-state index is 2.28. The van der Waals surface area contributed by atoms with E-state index < -0.39 is 0 Å². The van der Waals surface area contributed by atoms with Crippen LogP contribution in [0.2, 0.25) is 0 Å². The summed E-state index contributed by atoms with van der Waals surface area (Å²) in [6.07, 6.45) is 1.05. The third kappa shape index (κ3) is 2.08. The lowest BCUT2D eigenvalue weighted by molar-refractivity contribution is 0.596. The van der Waals surface area contributed by atoms with Crippen molar-refractivity contribution in [3.8, 4) is 0 Å². The second-order valence-corrected chi connectivity index (χ2v) is 5.78. The molecule has 0 atom stereocenters. The Morgan fingerprint density at radius 1 is 0.750 bits per heavy atom. The number of hydrogen-bond donors (Lipinski definition) is 0. The number of thiophene rings is 1. The zero-order valence-electron chi connectivity index (χ0n) is 11.6. The molecular weight excluding hydrogens is 260 g/mol. The van der Waals surface area contributed by atoms with E-state index >= 15 is 0 Å². The molecule has 0 spiro atoms. The highest BCUT2D eigenvalue weighted by Gasteiger charge is 2.34. The fraction of sp³-hybridized carbons (Fsp3) is 0.158. The van der Waals surface area contributed by atoms with Gasteiger partial charge < -0.3 is 0 Å². The summed E-state index contributed by atoms with van der Waals surface area (Å²) in [6, 6.07) is 23.9. The molecule has 1 heteroatoms. The van der Waals surface area contributed by atoms with Gasteiger partial charge in [-0.15, -0.1) is 0 Å². The summed E-state index contributed by atoms with van der Waals surface area (Å²) in [5, 5.41) is 4.45.